The van der Waals surface area contributed by atoms with E-state index in [1.54, 1.807) is 6.08 Å². The third-order valence-corrected chi connectivity index (χ3v) is 2.97. The van der Waals surface area contributed by atoms with Gasteiger partial charge >= 0.3 is 6.03 Å². The Morgan fingerprint density at radius 1 is 1.44 bits per heavy atom. The topological polar surface area (TPSA) is 86.9 Å². The van der Waals surface area contributed by atoms with Gasteiger partial charge in [0, 0.05) is 31.5 Å². The summed E-state index contributed by atoms with van der Waals surface area (Å²) in [5.41, 5.74) is 9.58. The molecule has 96 valence electrons. The van der Waals surface area contributed by atoms with E-state index in [9.17, 15) is 14.8 Å². The molecule has 1 fully saturated rings. The van der Waals surface area contributed by atoms with E-state index in [0.717, 1.165) is 5.70 Å². The molecule has 0 spiro atoms. The summed E-state index contributed by atoms with van der Waals surface area (Å²) in [4.78, 5) is 23.9. The molecule has 18 heavy (non-hydrogen) atoms. The molecule has 1 heterocycles. The lowest BCUT2D eigenvalue weighted by Crippen LogP contribution is -2.33. The van der Waals surface area contributed by atoms with Gasteiger partial charge in [-0.05, 0) is 12.2 Å². The first-order valence-electron chi connectivity index (χ1n) is 5.76. The van der Waals surface area contributed by atoms with Crippen molar-refractivity contribution in [3.8, 4) is 0 Å². The summed E-state index contributed by atoms with van der Waals surface area (Å²) >= 11 is 0. The summed E-state index contributed by atoms with van der Waals surface area (Å²) in [6.45, 7) is 1.40. The van der Waals surface area contributed by atoms with Crippen LogP contribution in [0, 0.1) is 0 Å². The Kier molecular flexibility index (Phi) is 3.50. The predicted octanol–water partition coefficient (Wildman–Crippen LogP) is 0.400. The number of hydrogen-bond donors (Lipinski definition) is 2. The average Bonchev–Trinajstić information content (AvgIpc) is 2.78. The number of nitrogens with two attached hydrogens (primary N) is 1. The highest BCUT2D eigenvalue weighted by Crippen LogP contribution is 2.18. The molecule has 0 aromatic heterocycles. The van der Waals surface area contributed by atoms with Crippen LogP contribution in [0.25, 0.3) is 0 Å². The maximum Gasteiger partial charge on any atom is 0.338 e. The van der Waals surface area contributed by atoms with E-state index in [2.05, 4.69) is 10.6 Å². The van der Waals surface area contributed by atoms with Crippen molar-refractivity contribution in [3.05, 3.63) is 29.2 Å². The Morgan fingerprint density at radius 2 is 2.11 bits per heavy atom. The van der Waals surface area contributed by atoms with Crippen molar-refractivity contribution in [1.82, 2.24) is 9.96 Å². The highest BCUT2D eigenvalue weighted by molar-refractivity contribution is 5.79. The summed E-state index contributed by atoms with van der Waals surface area (Å²) in [6, 6.07) is -0.894. The number of rotatable bonds is 3. The lowest BCUT2D eigenvalue weighted by atomic mass is 10.1. The minimum absolute atomic E-state index is 0.0160. The van der Waals surface area contributed by atoms with Crippen LogP contribution in [0.4, 0.5) is 4.79 Å². The molecule has 6 nitrogen and oxygen atoms in total. The van der Waals surface area contributed by atoms with Crippen LogP contribution in [-0.4, -0.2) is 46.6 Å². The standard InChI is InChI=1S/C12H15N3O3/c13-12(17)15(18)8-9-1-2-10(7-9)14-5-3-11(16)4-6-14/h1-2,18H,3-6,8H2,(H2,13,17). The Bertz CT molecular complexity index is 465. The smallest absolute Gasteiger partial charge is 0.338 e. The molecule has 6 heteroatoms. The zero-order chi connectivity index (χ0) is 13.1. The molecule has 1 saturated heterocycles. The number of likely N-dealkylation sites (tertiary alicyclic amines) is 1. The summed E-state index contributed by atoms with van der Waals surface area (Å²) in [7, 11) is 0. The van der Waals surface area contributed by atoms with Crippen molar-refractivity contribution in [2.45, 2.75) is 12.8 Å². The number of hydrogen-bond acceptors (Lipinski definition) is 4. The SMILES string of the molecule is NC(=O)N(O)CC1=C=C(N2CCC(=O)CC2)C=C1. The van der Waals surface area contributed by atoms with Crippen LogP contribution in [0.5, 0.6) is 0 Å². The number of carbonyl (C=O) groups is 2. The summed E-state index contributed by atoms with van der Waals surface area (Å²) < 4.78 is 0. The number of amides is 2. The maximum atomic E-state index is 11.1. The molecule has 0 aromatic carbocycles. The summed E-state index contributed by atoms with van der Waals surface area (Å²) in [5, 5.41) is 9.65. The molecular formula is C12H15N3O3. The van der Waals surface area contributed by atoms with Gasteiger partial charge in [0.25, 0.3) is 0 Å². The van der Waals surface area contributed by atoms with Crippen LogP contribution in [0.15, 0.2) is 29.2 Å². The van der Waals surface area contributed by atoms with Crippen molar-refractivity contribution in [1.29, 1.82) is 0 Å². The molecule has 0 bridgehead atoms. The summed E-state index contributed by atoms with van der Waals surface area (Å²) in [6.07, 6.45) is 4.75. The van der Waals surface area contributed by atoms with Crippen LogP contribution in [0.1, 0.15) is 12.8 Å². The van der Waals surface area contributed by atoms with E-state index >= 15 is 0 Å². The predicted molar refractivity (Wildman–Crippen MR) is 63.6 cm³/mol. The molecule has 0 radical (unpaired) electrons. The van der Waals surface area contributed by atoms with E-state index < -0.39 is 6.03 Å². The van der Waals surface area contributed by atoms with Crippen molar-refractivity contribution in [3.63, 3.8) is 0 Å². The molecule has 1 aliphatic heterocycles. The minimum Gasteiger partial charge on any atom is -0.364 e. The highest BCUT2D eigenvalue weighted by atomic mass is 16.5. The second-order valence-electron chi connectivity index (χ2n) is 4.29. The third kappa shape index (κ3) is 2.80. The molecule has 3 N–H and O–H groups in total. The van der Waals surface area contributed by atoms with Crippen molar-refractivity contribution >= 4 is 11.8 Å². The second kappa shape index (κ2) is 5.08. The molecule has 0 saturated carbocycles. The van der Waals surface area contributed by atoms with Crippen LogP contribution in [0.3, 0.4) is 0 Å². The average molecular weight is 249 g/mol. The molecule has 2 rings (SSSR count). The fourth-order valence-electron chi connectivity index (χ4n) is 1.94. The molecular weight excluding hydrogens is 234 g/mol. The normalized spacial score (nSPS) is 18.7. The van der Waals surface area contributed by atoms with Crippen LogP contribution in [-0.2, 0) is 4.79 Å². The number of hydroxylamine groups is 2. The van der Waals surface area contributed by atoms with Gasteiger partial charge in [-0.15, -0.1) is 0 Å². The molecule has 0 unspecified atom stereocenters. The van der Waals surface area contributed by atoms with E-state index in [-0.39, 0.29) is 12.3 Å². The second-order valence-corrected chi connectivity index (χ2v) is 4.29. The van der Waals surface area contributed by atoms with Crippen molar-refractivity contribution < 1.29 is 14.8 Å². The molecule has 0 atom stereocenters. The van der Waals surface area contributed by atoms with Crippen LogP contribution in [0.2, 0.25) is 0 Å². The number of carbonyl (C=O) groups excluding carboxylic acids is 2. The number of urea groups is 1. The maximum absolute atomic E-state index is 11.1. The fraction of sp³-hybridized carbons (Fsp3) is 0.417. The van der Waals surface area contributed by atoms with Gasteiger partial charge in [-0.2, -0.15) is 0 Å². The number of piperidine rings is 1. The van der Waals surface area contributed by atoms with Gasteiger partial charge in [-0.1, -0.05) is 5.73 Å². The van der Waals surface area contributed by atoms with Gasteiger partial charge in [-0.25, -0.2) is 9.86 Å². The first-order valence-corrected chi connectivity index (χ1v) is 5.76. The number of ketones is 1. The van der Waals surface area contributed by atoms with Crippen molar-refractivity contribution in [2.24, 2.45) is 5.73 Å². The van der Waals surface area contributed by atoms with Crippen LogP contribution < -0.4 is 5.73 Å². The Morgan fingerprint density at radius 3 is 2.72 bits per heavy atom. The highest BCUT2D eigenvalue weighted by Gasteiger charge is 2.19. The number of Topliss-reactive ketones (excluding diaryl/α,β-unsaturated/α-hetero) is 1. The lowest BCUT2D eigenvalue weighted by molar-refractivity contribution is -0.121. The van der Waals surface area contributed by atoms with Gasteiger partial charge in [-0.3, -0.25) is 10.0 Å². The van der Waals surface area contributed by atoms with Gasteiger partial charge in [0.15, 0.2) is 0 Å². The Hall–Kier alpha value is -2.04. The van der Waals surface area contributed by atoms with E-state index in [0.29, 0.717) is 36.6 Å². The van der Waals surface area contributed by atoms with E-state index in [4.69, 9.17) is 5.73 Å². The number of nitrogens with zero attached hydrogens (tertiary/aromatic N) is 2. The van der Waals surface area contributed by atoms with Crippen molar-refractivity contribution in [2.75, 3.05) is 19.6 Å². The molecule has 2 aliphatic rings. The first kappa shape index (κ1) is 12.4. The Labute approximate surface area is 105 Å². The fourth-order valence-corrected chi connectivity index (χ4v) is 1.94. The molecule has 2 amide bonds. The van der Waals surface area contributed by atoms with E-state index in [1.807, 2.05) is 6.08 Å². The van der Waals surface area contributed by atoms with E-state index in [1.165, 1.54) is 0 Å². The Balaban J connectivity index is 2.02. The van der Waals surface area contributed by atoms with Gasteiger partial charge in [0.2, 0.25) is 0 Å². The lowest BCUT2D eigenvalue weighted by Gasteiger charge is -2.27. The van der Waals surface area contributed by atoms with Gasteiger partial charge < -0.3 is 10.6 Å². The minimum atomic E-state index is -0.894. The molecule has 0 aromatic rings. The van der Waals surface area contributed by atoms with Gasteiger partial charge in [0.05, 0.1) is 12.2 Å². The van der Waals surface area contributed by atoms with Crippen LogP contribution >= 0.6 is 0 Å². The summed E-state index contributed by atoms with van der Waals surface area (Å²) in [5.74, 6) is 0.285. The molecule has 1 aliphatic carbocycles. The quantitative estimate of drug-likeness (QED) is 0.430. The largest absolute Gasteiger partial charge is 0.364 e. The zero-order valence-corrected chi connectivity index (χ0v) is 9.93. The number of primary amides is 1. The monoisotopic (exact) mass is 249 g/mol. The zero-order valence-electron chi connectivity index (χ0n) is 9.93. The first-order chi connectivity index (χ1) is 8.56. The third-order valence-electron chi connectivity index (χ3n) is 2.97. The van der Waals surface area contributed by atoms with Gasteiger partial charge in [0.1, 0.15) is 5.78 Å².